The molecule has 0 spiro atoms. The number of hydrogen-bond donors (Lipinski definition) is 1. The molecule has 1 N–H and O–H groups in total. The number of nitrogens with zero attached hydrogens (tertiary/aromatic N) is 3. The first-order valence-electron chi connectivity index (χ1n) is 6.33. The maximum Gasteiger partial charge on any atom is 0.213 e. The quantitative estimate of drug-likeness (QED) is 0.893. The van der Waals surface area contributed by atoms with Crippen LogP contribution in [0.2, 0.25) is 0 Å². The summed E-state index contributed by atoms with van der Waals surface area (Å²) in [6.45, 7) is 4.91. The van der Waals surface area contributed by atoms with E-state index < -0.39 is 0 Å². The highest BCUT2D eigenvalue weighted by Crippen LogP contribution is 2.22. The van der Waals surface area contributed by atoms with E-state index in [-0.39, 0.29) is 0 Å². The van der Waals surface area contributed by atoms with Crippen LogP contribution >= 0.6 is 0 Å². The lowest BCUT2D eigenvalue weighted by molar-refractivity contribution is 0.398. The van der Waals surface area contributed by atoms with Gasteiger partial charge in [0.05, 0.1) is 12.8 Å². The third-order valence-electron chi connectivity index (χ3n) is 2.63. The smallest absolute Gasteiger partial charge is 0.213 e. The molecule has 0 aliphatic heterocycles. The van der Waals surface area contributed by atoms with E-state index in [1.54, 1.807) is 13.3 Å². The van der Waals surface area contributed by atoms with Crippen LogP contribution in [0.15, 0.2) is 24.4 Å². The molecular weight excluding hydrogens is 240 g/mol. The van der Waals surface area contributed by atoms with Crippen molar-refractivity contribution in [2.45, 2.75) is 20.3 Å². The molecule has 0 fully saturated rings. The van der Waals surface area contributed by atoms with E-state index in [0.29, 0.717) is 5.88 Å². The Balaban J connectivity index is 2.34. The second-order valence-corrected chi connectivity index (χ2v) is 4.20. The van der Waals surface area contributed by atoms with Crippen molar-refractivity contribution in [3.05, 3.63) is 30.2 Å². The number of aromatic nitrogens is 3. The van der Waals surface area contributed by atoms with Crippen molar-refractivity contribution in [3.63, 3.8) is 0 Å². The second-order valence-electron chi connectivity index (χ2n) is 4.20. The van der Waals surface area contributed by atoms with Crippen molar-refractivity contribution in [1.29, 1.82) is 0 Å². The number of ether oxygens (including phenoxy) is 1. The van der Waals surface area contributed by atoms with Gasteiger partial charge in [0.25, 0.3) is 0 Å². The summed E-state index contributed by atoms with van der Waals surface area (Å²) in [5, 5.41) is 3.28. The lowest BCUT2D eigenvalue weighted by Crippen LogP contribution is -2.04. The molecule has 0 bridgehead atoms. The fourth-order valence-electron chi connectivity index (χ4n) is 1.74. The largest absolute Gasteiger partial charge is 0.481 e. The average Bonchev–Trinajstić information content (AvgIpc) is 2.44. The number of anilines is 1. The number of rotatable bonds is 5. The highest BCUT2D eigenvalue weighted by molar-refractivity contribution is 5.63. The summed E-state index contributed by atoms with van der Waals surface area (Å²) in [6.07, 6.45) is 2.77. The van der Waals surface area contributed by atoms with E-state index in [2.05, 4.69) is 27.2 Å². The average molecular weight is 258 g/mol. The zero-order valence-corrected chi connectivity index (χ0v) is 11.5. The number of methoxy groups -OCH3 is 1. The fourth-order valence-corrected chi connectivity index (χ4v) is 1.74. The molecule has 19 heavy (non-hydrogen) atoms. The molecule has 2 heterocycles. The molecule has 5 heteroatoms. The van der Waals surface area contributed by atoms with Gasteiger partial charge in [0.15, 0.2) is 0 Å². The molecule has 0 saturated heterocycles. The topological polar surface area (TPSA) is 59.9 Å². The van der Waals surface area contributed by atoms with E-state index in [0.717, 1.165) is 35.9 Å². The van der Waals surface area contributed by atoms with Gasteiger partial charge in [-0.15, -0.1) is 0 Å². The zero-order chi connectivity index (χ0) is 13.7. The maximum absolute atomic E-state index is 5.13. The van der Waals surface area contributed by atoms with Gasteiger partial charge in [0.1, 0.15) is 11.6 Å². The van der Waals surface area contributed by atoms with E-state index >= 15 is 0 Å². The van der Waals surface area contributed by atoms with Crippen molar-refractivity contribution < 1.29 is 4.74 Å². The first-order chi connectivity index (χ1) is 9.22. The third-order valence-corrected chi connectivity index (χ3v) is 2.63. The molecule has 5 nitrogen and oxygen atoms in total. The van der Waals surface area contributed by atoms with Crippen LogP contribution in [0.4, 0.5) is 5.82 Å². The van der Waals surface area contributed by atoms with Crippen LogP contribution in [0.3, 0.4) is 0 Å². The Morgan fingerprint density at radius 1 is 1.26 bits per heavy atom. The summed E-state index contributed by atoms with van der Waals surface area (Å²) < 4.78 is 5.13. The molecule has 2 rings (SSSR count). The Bertz CT molecular complexity index is 557. The second kappa shape index (κ2) is 6.13. The lowest BCUT2D eigenvalue weighted by atomic mass is 10.2. The lowest BCUT2D eigenvalue weighted by Gasteiger charge is -2.08. The van der Waals surface area contributed by atoms with Crippen LogP contribution in [0, 0.1) is 6.92 Å². The molecule has 2 aromatic heterocycles. The van der Waals surface area contributed by atoms with Gasteiger partial charge < -0.3 is 10.1 Å². The number of aryl methyl sites for hydroxylation is 1. The Morgan fingerprint density at radius 2 is 2.11 bits per heavy atom. The molecule has 0 amide bonds. The van der Waals surface area contributed by atoms with Crippen LogP contribution in [0.1, 0.15) is 19.2 Å². The van der Waals surface area contributed by atoms with E-state index in [1.807, 2.05) is 25.1 Å². The normalized spacial score (nSPS) is 10.3. The van der Waals surface area contributed by atoms with Gasteiger partial charge in [0.2, 0.25) is 5.88 Å². The van der Waals surface area contributed by atoms with Gasteiger partial charge in [-0.25, -0.2) is 15.0 Å². The van der Waals surface area contributed by atoms with Gasteiger partial charge >= 0.3 is 0 Å². The van der Waals surface area contributed by atoms with E-state index in [4.69, 9.17) is 4.74 Å². The van der Waals surface area contributed by atoms with Crippen LogP contribution < -0.4 is 10.1 Å². The van der Waals surface area contributed by atoms with Gasteiger partial charge in [-0.3, -0.25) is 0 Å². The number of nitrogens with one attached hydrogen (secondary N) is 1. The maximum atomic E-state index is 5.13. The summed E-state index contributed by atoms with van der Waals surface area (Å²) in [7, 11) is 1.60. The Kier molecular flexibility index (Phi) is 4.28. The van der Waals surface area contributed by atoms with Crippen LogP contribution in [0.5, 0.6) is 5.88 Å². The molecule has 2 aromatic rings. The van der Waals surface area contributed by atoms with Crippen LogP contribution in [0.25, 0.3) is 11.3 Å². The van der Waals surface area contributed by atoms with Gasteiger partial charge in [-0.2, -0.15) is 0 Å². The minimum Gasteiger partial charge on any atom is -0.481 e. The summed E-state index contributed by atoms with van der Waals surface area (Å²) in [4.78, 5) is 12.9. The van der Waals surface area contributed by atoms with Gasteiger partial charge in [0, 0.05) is 30.4 Å². The number of hydrogen-bond acceptors (Lipinski definition) is 5. The Morgan fingerprint density at radius 3 is 2.84 bits per heavy atom. The van der Waals surface area contributed by atoms with Crippen molar-refractivity contribution in [2.75, 3.05) is 19.0 Å². The van der Waals surface area contributed by atoms with Gasteiger partial charge in [-0.05, 0) is 19.4 Å². The minimum atomic E-state index is 0.580. The summed E-state index contributed by atoms with van der Waals surface area (Å²) in [6, 6.07) is 5.72. The molecule has 0 radical (unpaired) electrons. The highest BCUT2D eigenvalue weighted by atomic mass is 16.5. The SMILES string of the molecule is CCCNc1cc(-c2ccnc(OC)c2)nc(C)n1. The van der Waals surface area contributed by atoms with Crippen molar-refractivity contribution >= 4 is 5.82 Å². The van der Waals surface area contributed by atoms with Gasteiger partial charge in [-0.1, -0.05) is 6.92 Å². The first-order valence-corrected chi connectivity index (χ1v) is 6.33. The molecule has 0 aliphatic carbocycles. The molecule has 0 aliphatic rings. The molecule has 0 saturated carbocycles. The van der Waals surface area contributed by atoms with Crippen molar-refractivity contribution in [1.82, 2.24) is 15.0 Å². The first kappa shape index (κ1) is 13.3. The third kappa shape index (κ3) is 3.40. The Labute approximate surface area is 113 Å². The molecule has 0 unspecified atom stereocenters. The monoisotopic (exact) mass is 258 g/mol. The van der Waals surface area contributed by atoms with E-state index in [9.17, 15) is 0 Å². The Hall–Kier alpha value is -2.17. The predicted molar refractivity (Wildman–Crippen MR) is 75.3 cm³/mol. The fraction of sp³-hybridized carbons (Fsp3) is 0.357. The highest BCUT2D eigenvalue weighted by Gasteiger charge is 2.05. The molecule has 0 atom stereocenters. The van der Waals surface area contributed by atoms with Crippen molar-refractivity contribution in [2.24, 2.45) is 0 Å². The molecule has 0 aromatic carbocycles. The zero-order valence-electron chi connectivity index (χ0n) is 11.5. The van der Waals surface area contributed by atoms with E-state index in [1.165, 1.54) is 0 Å². The van der Waals surface area contributed by atoms with Crippen LogP contribution in [-0.4, -0.2) is 28.6 Å². The summed E-state index contributed by atoms with van der Waals surface area (Å²) in [5.41, 5.74) is 1.84. The standard InChI is InChI=1S/C14H18N4O/c1-4-6-15-13-9-12(17-10(2)18-13)11-5-7-16-14(8-11)19-3/h5,7-9H,4,6H2,1-3H3,(H,15,17,18). The molecular formula is C14H18N4O. The predicted octanol–water partition coefficient (Wildman–Crippen LogP) is 2.68. The molecule has 100 valence electrons. The minimum absolute atomic E-state index is 0.580. The van der Waals surface area contributed by atoms with Crippen LogP contribution in [-0.2, 0) is 0 Å². The summed E-state index contributed by atoms with van der Waals surface area (Å²) in [5.74, 6) is 2.17. The van der Waals surface area contributed by atoms with Crippen molar-refractivity contribution in [3.8, 4) is 17.1 Å². The number of pyridine rings is 1. The summed E-state index contributed by atoms with van der Waals surface area (Å²) >= 11 is 0.